The van der Waals surface area contributed by atoms with Gasteiger partial charge in [0.15, 0.2) is 0 Å². The fourth-order valence-corrected chi connectivity index (χ4v) is 3.58. The lowest BCUT2D eigenvalue weighted by atomic mass is 10.2. The van der Waals surface area contributed by atoms with E-state index in [4.69, 9.17) is 4.74 Å². The first-order valence-corrected chi connectivity index (χ1v) is 8.85. The van der Waals surface area contributed by atoms with E-state index in [0.29, 0.717) is 11.4 Å². The first-order valence-electron chi connectivity index (χ1n) is 8.04. The van der Waals surface area contributed by atoms with Gasteiger partial charge in [-0.1, -0.05) is 12.1 Å². The lowest BCUT2D eigenvalue weighted by Gasteiger charge is -2.05. The van der Waals surface area contributed by atoms with Crippen LogP contribution in [0.4, 0.5) is 0 Å². The second kappa shape index (κ2) is 6.97. The third kappa shape index (κ3) is 3.29. The summed E-state index contributed by atoms with van der Waals surface area (Å²) in [7, 11) is 1.62. The Labute approximate surface area is 153 Å². The van der Waals surface area contributed by atoms with Crippen molar-refractivity contribution in [1.82, 2.24) is 20.5 Å². The molecule has 3 heterocycles. The highest BCUT2D eigenvalue weighted by atomic mass is 32.1. The molecule has 4 rings (SSSR count). The van der Waals surface area contributed by atoms with Crippen LogP contribution in [0.15, 0.2) is 54.9 Å². The summed E-state index contributed by atoms with van der Waals surface area (Å²) in [4.78, 5) is 18.6. The first kappa shape index (κ1) is 16.3. The molecular formula is C19H16N4O2S. The molecule has 0 spiro atoms. The Morgan fingerprint density at radius 3 is 3.00 bits per heavy atom. The van der Waals surface area contributed by atoms with Crippen molar-refractivity contribution < 1.29 is 9.53 Å². The molecule has 0 fully saturated rings. The van der Waals surface area contributed by atoms with Crippen molar-refractivity contribution in [3.05, 3.63) is 65.3 Å². The zero-order valence-corrected chi connectivity index (χ0v) is 14.8. The molecule has 0 saturated heterocycles. The third-order valence-electron chi connectivity index (χ3n) is 3.99. The summed E-state index contributed by atoms with van der Waals surface area (Å²) in [6.45, 7) is 0.442. The monoisotopic (exact) mass is 364 g/mol. The van der Waals surface area contributed by atoms with E-state index >= 15 is 0 Å². The van der Waals surface area contributed by atoms with Gasteiger partial charge in [-0.15, -0.1) is 11.3 Å². The minimum Gasteiger partial charge on any atom is -0.497 e. The van der Waals surface area contributed by atoms with Crippen molar-refractivity contribution in [3.63, 3.8) is 0 Å². The summed E-state index contributed by atoms with van der Waals surface area (Å²) in [5, 5.41) is 10.6. The maximum Gasteiger partial charge on any atom is 0.261 e. The number of methoxy groups -OCH3 is 1. The maximum absolute atomic E-state index is 12.5. The zero-order valence-electron chi connectivity index (χ0n) is 14.0. The van der Waals surface area contributed by atoms with Gasteiger partial charge in [-0.3, -0.25) is 9.89 Å². The lowest BCUT2D eigenvalue weighted by Crippen LogP contribution is -2.21. The van der Waals surface area contributed by atoms with E-state index in [0.717, 1.165) is 32.8 Å². The molecule has 0 saturated carbocycles. The molecule has 0 radical (unpaired) electrons. The number of carbonyl (C=O) groups is 1. The molecule has 26 heavy (non-hydrogen) atoms. The van der Waals surface area contributed by atoms with Crippen LogP contribution in [-0.2, 0) is 6.54 Å². The quantitative estimate of drug-likeness (QED) is 0.567. The maximum atomic E-state index is 12.5. The van der Waals surface area contributed by atoms with E-state index in [1.807, 2.05) is 42.5 Å². The topological polar surface area (TPSA) is 79.9 Å². The predicted octanol–water partition coefficient (Wildman–Crippen LogP) is 3.63. The van der Waals surface area contributed by atoms with Crippen molar-refractivity contribution in [2.45, 2.75) is 6.54 Å². The number of pyridine rings is 1. The number of fused-ring (bicyclic) bond motifs is 1. The van der Waals surface area contributed by atoms with Crippen LogP contribution in [0.3, 0.4) is 0 Å². The van der Waals surface area contributed by atoms with Crippen molar-refractivity contribution in [1.29, 1.82) is 0 Å². The first-order chi connectivity index (χ1) is 12.7. The average Bonchev–Trinajstić information content (AvgIpc) is 3.35. The fraction of sp³-hybridized carbons (Fsp3) is 0.105. The molecule has 0 aliphatic rings. The number of rotatable bonds is 5. The number of H-pyrrole nitrogens is 1. The van der Waals surface area contributed by atoms with Gasteiger partial charge in [0.1, 0.15) is 10.6 Å². The van der Waals surface area contributed by atoms with Crippen LogP contribution in [0.1, 0.15) is 15.2 Å². The molecule has 0 unspecified atom stereocenters. The number of thiophene rings is 1. The van der Waals surface area contributed by atoms with Gasteiger partial charge in [-0.05, 0) is 35.9 Å². The number of nitrogens with zero attached hydrogens (tertiary/aromatic N) is 2. The summed E-state index contributed by atoms with van der Waals surface area (Å²) in [6.07, 6.45) is 3.52. The molecule has 4 aromatic rings. The normalized spacial score (nSPS) is 10.8. The summed E-state index contributed by atoms with van der Waals surface area (Å²) in [5.41, 5.74) is 2.74. The Hall–Kier alpha value is -3.19. The molecule has 7 heteroatoms. The Balaban J connectivity index is 1.51. The van der Waals surface area contributed by atoms with Gasteiger partial charge in [-0.2, -0.15) is 5.10 Å². The molecule has 0 aliphatic heterocycles. The van der Waals surface area contributed by atoms with Crippen LogP contribution in [0.2, 0.25) is 0 Å². The number of amides is 1. The van der Waals surface area contributed by atoms with Crippen molar-refractivity contribution in [3.8, 4) is 17.0 Å². The molecule has 1 aromatic carbocycles. The van der Waals surface area contributed by atoms with E-state index in [1.165, 1.54) is 11.3 Å². The fourth-order valence-electron chi connectivity index (χ4n) is 2.63. The minimum absolute atomic E-state index is 0.110. The predicted molar refractivity (Wildman–Crippen MR) is 101 cm³/mol. The molecular weight excluding hydrogens is 348 g/mol. The average molecular weight is 364 g/mol. The lowest BCUT2D eigenvalue weighted by molar-refractivity contribution is 0.0955. The second-order valence-electron chi connectivity index (χ2n) is 5.72. The summed E-state index contributed by atoms with van der Waals surface area (Å²) in [6, 6.07) is 13.4. The van der Waals surface area contributed by atoms with Crippen LogP contribution in [0.5, 0.6) is 5.75 Å². The third-order valence-corrected chi connectivity index (χ3v) is 5.03. The van der Waals surface area contributed by atoms with Gasteiger partial charge in [0, 0.05) is 23.7 Å². The van der Waals surface area contributed by atoms with Gasteiger partial charge < -0.3 is 10.1 Å². The van der Waals surface area contributed by atoms with Crippen LogP contribution in [0.25, 0.3) is 21.5 Å². The number of carbonyl (C=O) groups excluding carboxylic acids is 1. The van der Waals surface area contributed by atoms with Crippen molar-refractivity contribution >= 4 is 27.5 Å². The molecule has 3 aromatic heterocycles. The number of hydrogen-bond donors (Lipinski definition) is 2. The largest absolute Gasteiger partial charge is 0.497 e. The number of benzene rings is 1. The van der Waals surface area contributed by atoms with Gasteiger partial charge in [0.2, 0.25) is 0 Å². The van der Waals surface area contributed by atoms with E-state index in [-0.39, 0.29) is 5.91 Å². The highest BCUT2D eigenvalue weighted by molar-refractivity contribution is 7.20. The second-order valence-corrected chi connectivity index (χ2v) is 6.75. The van der Waals surface area contributed by atoms with E-state index < -0.39 is 0 Å². The summed E-state index contributed by atoms with van der Waals surface area (Å²) < 4.78 is 5.20. The number of aromatic amines is 1. The molecule has 130 valence electrons. The molecule has 2 N–H and O–H groups in total. The number of aromatic nitrogens is 3. The standard InChI is InChI=1S/C19H16N4O2S/c1-25-15-4-2-3-12(7-15)9-20-18(24)17-8-13-5-6-16(23-19(13)26-17)14-10-21-22-11-14/h2-8,10-11H,9H2,1H3,(H,20,24)(H,21,22). The van der Waals surface area contributed by atoms with Gasteiger partial charge >= 0.3 is 0 Å². The molecule has 6 nitrogen and oxygen atoms in total. The SMILES string of the molecule is COc1cccc(CNC(=O)c2cc3ccc(-c4cn[nH]c4)nc3s2)c1. The summed E-state index contributed by atoms with van der Waals surface area (Å²) in [5.74, 6) is 0.662. The minimum atomic E-state index is -0.110. The zero-order chi connectivity index (χ0) is 17.9. The van der Waals surface area contributed by atoms with Crippen LogP contribution in [-0.4, -0.2) is 28.2 Å². The molecule has 0 aliphatic carbocycles. The molecule has 0 atom stereocenters. The van der Waals surface area contributed by atoms with Gasteiger partial charge in [-0.25, -0.2) is 4.98 Å². The molecule has 1 amide bonds. The number of nitrogens with one attached hydrogen (secondary N) is 2. The van der Waals surface area contributed by atoms with Crippen LogP contribution >= 0.6 is 11.3 Å². The van der Waals surface area contributed by atoms with Crippen molar-refractivity contribution in [2.75, 3.05) is 7.11 Å². The van der Waals surface area contributed by atoms with E-state index in [2.05, 4.69) is 20.5 Å². The van der Waals surface area contributed by atoms with Crippen LogP contribution in [0, 0.1) is 0 Å². The van der Waals surface area contributed by atoms with Crippen molar-refractivity contribution in [2.24, 2.45) is 0 Å². The number of ether oxygens (including phenoxy) is 1. The van der Waals surface area contributed by atoms with E-state index in [9.17, 15) is 4.79 Å². The Bertz CT molecular complexity index is 1060. The van der Waals surface area contributed by atoms with E-state index in [1.54, 1.807) is 19.5 Å². The Kier molecular flexibility index (Phi) is 4.37. The molecule has 0 bridgehead atoms. The Morgan fingerprint density at radius 1 is 1.27 bits per heavy atom. The number of hydrogen-bond acceptors (Lipinski definition) is 5. The smallest absolute Gasteiger partial charge is 0.261 e. The Morgan fingerprint density at radius 2 is 2.19 bits per heavy atom. The van der Waals surface area contributed by atoms with Gasteiger partial charge in [0.25, 0.3) is 5.91 Å². The van der Waals surface area contributed by atoms with Crippen LogP contribution < -0.4 is 10.1 Å². The summed E-state index contributed by atoms with van der Waals surface area (Å²) >= 11 is 1.38. The highest BCUT2D eigenvalue weighted by Gasteiger charge is 2.12. The van der Waals surface area contributed by atoms with Gasteiger partial charge in [0.05, 0.1) is 23.9 Å². The highest BCUT2D eigenvalue weighted by Crippen LogP contribution is 2.27.